The molecule has 1 aromatic heterocycles. The predicted octanol–water partition coefficient (Wildman–Crippen LogP) is 5.14. The summed E-state index contributed by atoms with van der Waals surface area (Å²) in [5, 5.41) is 12.9. The minimum absolute atomic E-state index is 0.0878. The number of thiophene rings is 1. The number of carbonyl (C=O) groups is 2. The number of hydrogen-bond donors (Lipinski definition) is 0. The van der Waals surface area contributed by atoms with Gasteiger partial charge in [-0.15, -0.1) is 11.3 Å². The van der Waals surface area contributed by atoms with Crippen molar-refractivity contribution in [2.45, 2.75) is 0 Å². The second kappa shape index (κ2) is 8.64. The molecule has 0 radical (unpaired) electrons. The van der Waals surface area contributed by atoms with Gasteiger partial charge in [0.25, 0.3) is 0 Å². The van der Waals surface area contributed by atoms with Crippen molar-refractivity contribution in [1.29, 1.82) is 0 Å². The number of Topliss-reactive ketones (excluding diaryl/α,β-unsaturated/α-hetero) is 1. The van der Waals surface area contributed by atoms with Crippen LogP contribution in [0, 0.1) is 10.1 Å². The molecule has 0 unspecified atom stereocenters. The molecule has 0 amide bonds. The van der Waals surface area contributed by atoms with Crippen molar-refractivity contribution in [3.05, 3.63) is 85.6 Å². The molecule has 28 heavy (non-hydrogen) atoms. The molecule has 1 heterocycles. The molecule has 9 heteroatoms. The molecule has 3 rings (SSSR count). The molecular formula is C19H12ClNO6S. The maximum absolute atomic E-state index is 12.1. The van der Waals surface area contributed by atoms with E-state index in [1.807, 2.05) is 0 Å². The summed E-state index contributed by atoms with van der Waals surface area (Å²) in [4.78, 5) is 34.9. The normalized spacial score (nSPS) is 10.3. The standard InChI is InChI=1S/C19H12ClNO6S/c20-14-3-1-4-15(21(24)25)18(14)27-13-8-6-12(7-9-13)19(23)26-11-16(22)17-5-2-10-28-17/h1-10H,11H2. The number of hydrogen-bond acceptors (Lipinski definition) is 7. The maximum Gasteiger partial charge on any atom is 0.338 e. The van der Waals surface area contributed by atoms with Crippen LogP contribution in [0.3, 0.4) is 0 Å². The van der Waals surface area contributed by atoms with E-state index in [0.29, 0.717) is 4.88 Å². The number of rotatable bonds is 7. The molecule has 0 aliphatic carbocycles. The first-order chi connectivity index (χ1) is 13.5. The van der Waals surface area contributed by atoms with Gasteiger partial charge in [0.2, 0.25) is 11.5 Å². The Balaban J connectivity index is 1.66. The lowest BCUT2D eigenvalue weighted by Crippen LogP contribution is -2.13. The molecule has 0 spiro atoms. The molecule has 3 aromatic rings. The summed E-state index contributed by atoms with van der Waals surface area (Å²) in [5.41, 5.74) is -0.0666. The fraction of sp³-hybridized carbons (Fsp3) is 0.0526. The summed E-state index contributed by atoms with van der Waals surface area (Å²) in [7, 11) is 0. The number of ketones is 1. The van der Waals surface area contributed by atoms with Crippen LogP contribution in [0.5, 0.6) is 11.5 Å². The predicted molar refractivity (Wildman–Crippen MR) is 104 cm³/mol. The van der Waals surface area contributed by atoms with Crippen molar-refractivity contribution < 1.29 is 24.0 Å². The Morgan fingerprint density at radius 2 is 1.82 bits per heavy atom. The lowest BCUT2D eigenvalue weighted by molar-refractivity contribution is -0.385. The summed E-state index contributed by atoms with van der Waals surface area (Å²) in [6.07, 6.45) is 0. The topological polar surface area (TPSA) is 95.7 Å². The van der Waals surface area contributed by atoms with Gasteiger partial charge < -0.3 is 9.47 Å². The SMILES string of the molecule is O=C(OCC(=O)c1cccs1)c1ccc(Oc2c(Cl)cccc2[N+](=O)[O-])cc1. The quantitative estimate of drug-likeness (QED) is 0.228. The van der Waals surface area contributed by atoms with E-state index in [-0.39, 0.29) is 40.2 Å². The van der Waals surface area contributed by atoms with Crippen molar-refractivity contribution >= 4 is 40.4 Å². The number of carbonyl (C=O) groups excluding carboxylic acids is 2. The average molecular weight is 418 g/mol. The van der Waals surface area contributed by atoms with Gasteiger partial charge in [-0.05, 0) is 41.8 Å². The van der Waals surface area contributed by atoms with E-state index in [9.17, 15) is 19.7 Å². The molecule has 0 saturated carbocycles. The molecule has 0 aliphatic rings. The number of nitro groups is 1. The number of para-hydroxylation sites is 1. The van der Waals surface area contributed by atoms with Gasteiger partial charge in [0.05, 0.1) is 20.4 Å². The van der Waals surface area contributed by atoms with E-state index in [1.54, 1.807) is 17.5 Å². The second-order valence-electron chi connectivity index (χ2n) is 5.45. The van der Waals surface area contributed by atoms with E-state index < -0.39 is 10.9 Å². The Kier molecular flexibility index (Phi) is 6.03. The molecule has 0 fully saturated rings. The molecule has 0 saturated heterocycles. The Bertz CT molecular complexity index is 1020. The zero-order chi connectivity index (χ0) is 20.1. The minimum Gasteiger partial charge on any atom is -0.454 e. The highest BCUT2D eigenvalue weighted by molar-refractivity contribution is 7.12. The number of nitrogens with zero attached hydrogens (tertiary/aromatic N) is 1. The van der Waals surface area contributed by atoms with Gasteiger partial charge in [0.1, 0.15) is 5.75 Å². The Labute approximate surface area is 168 Å². The number of halogens is 1. The van der Waals surface area contributed by atoms with Gasteiger partial charge in [-0.1, -0.05) is 23.7 Å². The van der Waals surface area contributed by atoms with Crippen LogP contribution >= 0.6 is 22.9 Å². The summed E-state index contributed by atoms with van der Waals surface area (Å²) in [5.74, 6) is -0.789. The third kappa shape index (κ3) is 4.54. The fourth-order valence-corrected chi connectivity index (χ4v) is 3.10. The Morgan fingerprint density at radius 1 is 1.07 bits per heavy atom. The highest BCUT2D eigenvalue weighted by Crippen LogP contribution is 2.37. The van der Waals surface area contributed by atoms with Crippen molar-refractivity contribution in [2.24, 2.45) is 0 Å². The van der Waals surface area contributed by atoms with Gasteiger partial charge in [-0.2, -0.15) is 0 Å². The van der Waals surface area contributed by atoms with Crippen molar-refractivity contribution in [2.75, 3.05) is 6.61 Å². The van der Waals surface area contributed by atoms with Crippen LogP contribution in [0.25, 0.3) is 0 Å². The van der Waals surface area contributed by atoms with E-state index in [4.69, 9.17) is 21.1 Å². The first-order valence-electron chi connectivity index (χ1n) is 7.90. The van der Waals surface area contributed by atoms with Gasteiger partial charge in [-0.25, -0.2) is 4.79 Å². The zero-order valence-electron chi connectivity index (χ0n) is 14.2. The molecule has 2 aromatic carbocycles. The maximum atomic E-state index is 12.1. The van der Waals surface area contributed by atoms with Crippen LogP contribution in [0.1, 0.15) is 20.0 Å². The Morgan fingerprint density at radius 3 is 2.46 bits per heavy atom. The van der Waals surface area contributed by atoms with E-state index >= 15 is 0 Å². The zero-order valence-corrected chi connectivity index (χ0v) is 15.7. The van der Waals surface area contributed by atoms with Crippen LogP contribution in [0.15, 0.2) is 60.0 Å². The lowest BCUT2D eigenvalue weighted by Gasteiger charge is -2.09. The number of ether oxygens (including phenoxy) is 2. The minimum atomic E-state index is -0.666. The van der Waals surface area contributed by atoms with Crippen LogP contribution in [0.4, 0.5) is 5.69 Å². The number of esters is 1. The molecule has 0 atom stereocenters. The monoisotopic (exact) mass is 417 g/mol. The third-order valence-electron chi connectivity index (χ3n) is 3.58. The number of benzene rings is 2. The van der Waals surface area contributed by atoms with Gasteiger partial charge in [-0.3, -0.25) is 14.9 Å². The molecule has 7 nitrogen and oxygen atoms in total. The molecule has 0 aliphatic heterocycles. The van der Waals surface area contributed by atoms with Crippen LogP contribution in [-0.2, 0) is 4.74 Å². The third-order valence-corrected chi connectivity index (χ3v) is 4.79. The van der Waals surface area contributed by atoms with Crippen molar-refractivity contribution in [3.8, 4) is 11.5 Å². The highest BCUT2D eigenvalue weighted by atomic mass is 35.5. The summed E-state index contributed by atoms with van der Waals surface area (Å²) in [6, 6.07) is 13.3. The molecule has 142 valence electrons. The largest absolute Gasteiger partial charge is 0.454 e. The fourth-order valence-electron chi connectivity index (χ4n) is 2.24. The smallest absolute Gasteiger partial charge is 0.338 e. The van der Waals surface area contributed by atoms with Crippen molar-refractivity contribution in [3.63, 3.8) is 0 Å². The average Bonchev–Trinajstić information content (AvgIpc) is 3.22. The first kappa shape index (κ1) is 19.5. The van der Waals surface area contributed by atoms with Gasteiger partial charge >= 0.3 is 11.7 Å². The lowest BCUT2D eigenvalue weighted by atomic mass is 10.2. The summed E-state index contributed by atoms with van der Waals surface area (Å²) in [6.45, 7) is -0.358. The van der Waals surface area contributed by atoms with Gasteiger partial charge in [0, 0.05) is 6.07 Å². The number of nitro benzene ring substituents is 1. The highest BCUT2D eigenvalue weighted by Gasteiger charge is 2.19. The second-order valence-corrected chi connectivity index (χ2v) is 6.80. The van der Waals surface area contributed by atoms with Gasteiger partial charge in [0.15, 0.2) is 6.61 Å². The van der Waals surface area contributed by atoms with Crippen LogP contribution in [0.2, 0.25) is 5.02 Å². The Hall–Kier alpha value is -3.23. The molecule has 0 bridgehead atoms. The van der Waals surface area contributed by atoms with Crippen LogP contribution < -0.4 is 4.74 Å². The van der Waals surface area contributed by atoms with E-state index in [2.05, 4.69) is 0 Å². The van der Waals surface area contributed by atoms with Crippen molar-refractivity contribution in [1.82, 2.24) is 0 Å². The first-order valence-corrected chi connectivity index (χ1v) is 9.16. The molecule has 0 N–H and O–H groups in total. The van der Waals surface area contributed by atoms with Crippen LogP contribution in [-0.4, -0.2) is 23.3 Å². The summed E-state index contributed by atoms with van der Waals surface area (Å²) < 4.78 is 10.5. The van der Waals surface area contributed by atoms with E-state index in [1.165, 1.54) is 53.8 Å². The summed E-state index contributed by atoms with van der Waals surface area (Å²) >= 11 is 7.25. The van der Waals surface area contributed by atoms with E-state index in [0.717, 1.165) is 0 Å². The molecular weight excluding hydrogens is 406 g/mol.